The van der Waals surface area contributed by atoms with Crippen LogP contribution in [0.5, 0.6) is 0 Å². The molecule has 0 aromatic rings. The van der Waals surface area contributed by atoms with Crippen molar-refractivity contribution in [1.29, 1.82) is 0 Å². The van der Waals surface area contributed by atoms with E-state index in [1.54, 1.807) is 0 Å². The van der Waals surface area contributed by atoms with Crippen LogP contribution in [-0.4, -0.2) is 13.8 Å². The second-order valence-electron chi connectivity index (χ2n) is 6.82. The second-order valence-corrected chi connectivity index (χ2v) is 10.7. The summed E-state index contributed by atoms with van der Waals surface area (Å²) in [5.41, 5.74) is 1.54. The van der Waals surface area contributed by atoms with Crippen molar-refractivity contribution in [1.82, 2.24) is 0 Å². The fourth-order valence-corrected chi connectivity index (χ4v) is 6.23. The Morgan fingerprint density at radius 2 is 1.50 bits per heavy atom. The SMILES string of the molecule is CC[C]1[CH][C]([Si](C)(C)[N-]C(C)(C)C)[C]2C=CC=C[C]12.[CH3-].[CH3-].[Zr+4]. The minimum Gasteiger partial charge on any atom is -0.659 e. The summed E-state index contributed by atoms with van der Waals surface area (Å²) in [6, 6.07) is 0. The van der Waals surface area contributed by atoms with Crippen molar-refractivity contribution in [3.63, 3.8) is 0 Å². The Kier molecular flexibility index (Phi) is 10.3. The summed E-state index contributed by atoms with van der Waals surface area (Å²) in [5.74, 6) is 4.31. The first kappa shape index (κ1) is 24.8. The van der Waals surface area contributed by atoms with Crippen LogP contribution >= 0.6 is 0 Å². The van der Waals surface area contributed by atoms with Gasteiger partial charge in [-0.3, -0.25) is 0 Å². The fourth-order valence-electron chi connectivity index (χ4n) is 3.03. The summed E-state index contributed by atoms with van der Waals surface area (Å²) in [5, 5.41) is 0. The van der Waals surface area contributed by atoms with E-state index in [4.69, 9.17) is 4.98 Å². The van der Waals surface area contributed by atoms with Gasteiger partial charge in [-0.25, -0.2) is 0 Å². The molecule has 1 saturated carbocycles. The van der Waals surface area contributed by atoms with Crippen molar-refractivity contribution >= 4 is 8.24 Å². The van der Waals surface area contributed by atoms with Gasteiger partial charge in [-0.2, -0.15) is 0 Å². The molecule has 0 saturated heterocycles. The van der Waals surface area contributed by atoms with Gasteiger partial charge in [-0.1, -0.05) is 73.3 Å². The smallest absolute Gasteiger partial charge is 0.659 e. The van der Waals surface area contributed by atoms with Crippen molar-refractivity contribution in [2.24, 2.45) is 0 Å². The van der Waals surface area contributed by atoms with E-state index >= 15 is 0 Å². The molecular formula is C19H31NSiZr+. The fraction of sp³-hybridized carbons (Fsp3) is 0.421. The van der Waals surface area contributed by atoms with Crippen LogP contribution in [0.4, 0.5) is 0 Å². The zero-order valence-electron chi connectivity index (χ0n) is 15.5. The van der Waals surface area contributed by atoms with Crippen LogP contribution in [0.15, 0.2) is 24.3 Å². The molecule has 1 nitrogen and oxygen atoms in total. The topological polar surface area (TPSA) is 14.1 Å². The maximum atomic E-state index is 5.15. The third kappa shape index (κ3) is 5.56. The summed E-state index contributed by atoms with van der Waals surface area (Å²) in [6.07, 6.45) is 12.3. The first-order chi connectivity index (χ1) is 8.74. The largest absolute Gasteiger partial charge is 4.00 e. The normalized spacial score (nSPS) is 20.1. The van der Waals surface area contributed by atoms with Gasteiger partial charge in [0.2, 0.25) is 0 Å². The van der Waals surface area contributed by atoms with E-state index < -0.39 is 8.24 Å². The van der Waals surface area contributed by atoms with Crippen LogP contribution in [-0.2, 0) is 26.2 Å². The first-order valence-electron chi connectivity index (χ1n) is 7.16. The van der Waals surface area contributed by atoms with E-state index in [-0.39, 0.29) is 46.6 Å². The maximum absolute atomic E-state index is 5.15. The summed E-state index contributed by atoms with van der Waals surface area (Å²) in [4.78, 5) is 5.15. The Morgan fingerprint density at radius 3 is 1.95 bits per heavy atom. The van der Waals surface area contributed by atoms with Gasteiger partial charge in [0, 0.05) is 11.8 Å². The molecule has 0 aromatic carbocycles. The van der Waals surface area contributed by atoms with Crippen LogP contribution in [0.1, 0.15) is 34.1 Å². The molecule has 3 heteroatoms. The molecular weight excluding hydrogens is 362 g/mol. The van der Waals surface area contributed by atoms with Crippen LogP contribution in [0.3, 0.4) is 0 Å². The molecule has 0 aliphatic heterocycles. The molecule has 0 amide bonds. The molecule has 2 rings (SSSR count). The third-order valence-electron chi connectivity index (χ3n) is 3.54. The molecule has 2 aliphatic rings. The van der Waals surface area contributed by atoms with Gasteiger partial charge in [0.15, 0.2) is 0 Å². The Balaban J connectivity index is 0. The minimum absolute atomic E-state index is 0. The quantitative estimate of drug-likeness (QED) is 0.422. The van der Waals surface area contributed by atoms with Crippen LogP contribution in [0.2, 0.25) is 13.1 Å². The average Bonchev–Trinajstić information content (AvgIpc) is 2.65. The molecule has 0 bridgehead atoms. The zero-order valence-corrected chi connectivity index (χ0v) is 19.0. The Bertz CT molecular complexity index is 381. The van der Waals surface area contributed by atoms with E-state index in [0.29, 0.717) is 0 Å². The minimum atomic E-state index is -1.75. The summed E-state index contributed by atoms with van der Waals surface area (Å²) < 4.78 is 0. The Hall–Kier alpha value is 0.540. The van der Waals surface area contributed by atoms with Gasteiger partial charge in [-0.15, -0.1) is 5.54 Å². The zero-order chi connectivity index (χ0) is 14.3. The summed E-state index contributed by atoms with van der Waals surface area (Å²) in [6.45, 7) is 13.6. The number of hydrogen-bond donors (Lipinski definition) is 0. The predicted molar refractivity (Wildman–Crippen MR) is 99.3 cm³/mol. The van der Waals surface area contributed by atoms with Gasteiger partial charge in [0.05, 0.1) is 0 Å². The molecule has 0 N–H and O–H groups in total. The molecule has 2 aliphatic carbocycles. The van der Waals surface area contributed by atoms with Crippen molar-refractivity contribution in [2.45, 2.75) is 52.7 Å². The number of allylic oxidation sites excluding steroid dienone is 4. The second kappa shape index (κ2) is 9.14. The van der Waals surface area contributed by atoms with Gasteiger partial charge in [-0.05, 0) is 24.3 Å². The van der Waals surface area contributed by atoms with Crippen molar-refractivity contribution in [2.75, 3.05) is 0 Å². The van der Waals surface area contributed by atoms with Gasteiger partial charge in [0.25, 0.3) is 0 Å². The molecule has 0 aromatic heterocycles. The van der Waals surface area contributed by atoms with Crippen molar-refractivity contribution in [3.05, 3.63) is 73.9 Å². The maximum Gasteiger partial charge on any atom is 4.00 e. The van der Waals surface area contributed by atoms with Gasteiger partial charge < -0.3 is 19.8 Å². The monoisotopic (exact) mass is 391 g/mol. The summed E-state index contributed by atoms with van der Waals surface area (Å²) >= 11 is 0. The molecule has 0 unspecified atom stereocenters. The van der Waals surface area contributed by atoms with E-state index in [9.17, 15) is 0 Å². The van der Waals surface area contributed by atoms with Crippen LogP contribution < -0.4 is 0 Å². The van der Waals surface area contributed by atoms with E-state index in [1.165, 1.54) is 23.3 Å². The average molecular weight is 393 g/mol. The summed E-state index contributed by atoms with van der Waals surface area (Å²) in [7, 11) is -1.75. The van der Waals surface area contributed by atoms with Crippen LogP contribution in [0, 0.1) is 44.6 Å². The Labute approximate surface area is 160 Å². The molecule has 22 heavy (non-hydrogen) atoms. The van der Waals surface area contributed by atoms with E-state index in [1.807, 2.05) is 0 Å². The van der Waals surface area contributed by atoms with E-state index in [0.717, 1.165) is 6.42 Å². The van der Waals surface area contributed by atoms with Gasteiger partial charge >= 0.3 is 26.2 Å². The molecule has 0 heterocycles. The standard InChI is InChI=1S/C17H25NSi.2CH3.Zr/c1-7-13-12-16(15-11-9-8-10-14(13)15)19(5,6)18-17(2,3)4;;;/h8-12H,7H2,1-6H3;2*1H3;/q3*-1;+4. The van der Waals surface area contributed by atoms with Crippen molar-refractivity contribution < 1.29 is 26.2 Å². The van der Waals surface area contributed by atoms with E-state index in [2.05, 4.69) is 71.5 Å². The number of hydrogen-bond acceptors (Lipinski definition) is 0. The third-order valence-corrected chi connectivity index (χ3v) is 6.50. The number of nitrogens with zero attached hydrogens (tertiary/aromatic N) is 1. The predicted octanol–water partition coefficient (Wildman–Crippen LogP) is 5.85. The molecule has 1 fully saturated rings. The molecule has 5 radical (unpaired) electrons. The molecule has 0 spiro atoms. The first-order valence-corrected chi connectivity index (χ1v) is 10.1. The molecule has 0 atom stereocenters. The molecule has 119 valence electrons. The number of rotatable bonds is 3. The van der Waals surface area contributed by atoms with Crippen LogP contribution in [0.25, 0.3) is 4.98 Å². The van der Waals surface area contributed by atoms with Gasteiger partial charge in [0.1, 0.15) is 0 Å². The Morgan fingerprint density at radius 1 is 1.00 bits per heavy atom. The number of fused-ring (bicyclic) bond motifs is 1. The van der Waals surface area contributed by atoms with Crippen molar-refractivity contribution in [3.8, 4) is 0 Å².